The number of benzene rings is 1. The van der Waals surface area contributed by atoms with Crippen LogP contribution in [0.25, 0.3) is 0 Å². The summed E-state index contributed by atoms with van der Waals surface area (Å²) in [6.45, 7) is 6.75. The molecule has 0 aromatic heterocycles. The maximum absolute atomic E-state index is 12.9. The van der Waals surface area contributed by atoms with Crippen molar-refractivity contribution < 1.29 is 14.0 Å². The van der Waals surface area contributed by atoms with E-state index in [1.807, 2.05) is 16.3 Å². The smallest absolute Gasteiger partial charge is 0.298 e. The van der Waals surface area contributed by atoms with Crippen molar-refractivity contribution >= 4 is 13.4 Å². The van der Waals surface area contributed by atoms with E-state index in [-0.39, 0.29) is 11.8 Å². The Labute approximate surface area is 123 Å². The molecule has 0 saturated carbocycles. The van der Waals surface area contributed by atoms with Crippen molar-refractivity contribution in [2.45, 2.75) is 20.0 Å². The van der Waals surface area contributed by atoms with Gasteiger partial charge in [0.25, 0.3) is 5.69 Å². The van der Waals surface area contributed by atoms with Crippen molar-refractivity contribution in [3.05, 3.63) is 39.4 Å². The monoisotopic (exact) mass is 311 g/mol. The molecule has 1 aromatic rings. The molecule has 0 unspecified atom stereocenters. The molecule has 0 amide bonds. The van der Waals surface area contributed by atoms with Gasteiger partial charge in [0, 0.05) is 37.8 Å². The van der Waals surface area contributed by atoms with E-state index in [1.165, 1.54) is 6.07 Å². The minimum atomic E-state index is -2.88. The van der Waals surface area contributed by atoms with Gasteiger partial charge in [-0.25, -0.2) is 9.34 Å². The Hall–Kier alpha value is -1.27. The topological polar surface area (TPSA) is 75.5 Å². The van der Waals surface area contributed by atoms with Crippen LogP contribution in [-0.4, -0.2) is 40.4 Å². The molecule has 114 valence electrons. The number of aryl methyl sites for hydroxylation is 1. The Morgan fingerprint density at radius 1 is 1.29 bits per heavy atom. The van der Waals surface area contributed by atoms with Crippen molar-refractivity contribution in [1.82, 2.24) is 9.34 Å². The van der Waals surface area contributed by atoms with Crippen LogP contribution in [0.4, 0.5) is 5.69 Å². The first-order chi connectivity index (χ1) is 9.91. The molecule has 0 aliphatic carbocycles. The third-order valence-corrected chi connectivity index (χ3v) is 6.57. The standard InChI is InChI=1S/C13H18N3O4P/c1-10-9-12(3-4-13(10)16(17)18)11(2)20-21(19,14-5-6-14)15-7-8-15/h3-4,9,11H,5-8H2,1-2H3/t11-/m0/s1. The molecule has 1 atom stereocenters. The van der Waals surface area contributed by atoms with Crippen LogP contribution in [0.2, 0.25) is 0 Å². The number of rotatable bonds is 6. The molecule has 7 nitrogen and oxygen atoms in total. The van der Waals surface area contributed by atoms with Crippen LogP contribution in [0.1, 0.15) is 24.2 Å². The van der Waals surface area contributed by atoms with E-state index in [0.717, 1.165) is 31.7 Å². The minimum Gasteiger partial charge on any atom is -0.298 e. The molecule has 2 aliphatic heterocycles. The maximum Gasteiger partial charge on any atom is 0.346 e. The van der Waals surface area contributed by atoms with Crippen LogP contribution in [0.3, 0.4) is 0 Å². The average molecular weight is 311 g/mol. The summed E-state index contributed by atoms with van der Waals surface area (Å²) in [5.41, 5.74) is 1.48. The molecule has 2 fully saturated rings. The number of hydrogen-bond donors (Lipinski definition) is 0. The van der Waals surface area contributed by atoms with Gasteiger partial charge in [-0.1, -0.05) is 0 Å². The van der Waals surface area contributed by atoms with Gasteiger partial charge >= 0.3 is 7.67 Å². The predicted octanol–water partition coefficient (Wildman–Crippen LogP) is 2.72. The number of nitro benzene ring substituents is 1. The van der Waals surface area contributed by atoms with Gasteiger partial charge in [-0.15, -0.1) is 0 Å². The van der Waals surface area contributed by atoms with Crippen molar-refractivity contribution in [3.63, 3.8) is 0 Å². The van der Waals surface area contributed by atoms with Gasteiger partial charge in [0.05, 0.1) is 11.0 Å². The van der Waals surface area contributed by atoms with E-state index in [1.54, 1.807) is 19.1 Å². The molecule has 1 aromatic carbocycles. The molecule has 2 aliphatic rings. The second kappa shape index (κ2) is 5.18. The minimum absolute atomic E-state index is 0.0889. The Balaban J connectivity index is 1.78. The highest BCUT2D eigenvalue weighted by atomic mass is 31.2. The van der Waals surface area contributed by atoms with Crippen LogP contribution >= 0.6 is 7.67 Å². The van der Waals surface area contributed by atoms with Crippen LogP contribution in [0, 0.1) is 17.0 Å². The lowest BCUT2D eigenvalue weighted by atomic mass is 10.1. The first-order valence-corrected chi connectivity index (χ1v) is 8.49. The lowest BCUT2D eigenvalue weighted by Gasteiger charge is -2.24. The Morgan fingerprint density at radius 3 is 2.29 bits per heavy atom. The van der Waals surface area contributed by atoms with Gasteiger partial charge in [0.15, 0.2) is 0 Å². The van der Waals surface area contributed by atoms with Gasteiger partial charge in [-0.3, -0.25) is 19.2 Å². The summed E-state index contributed by atoms with van der Waals surface area (Å²) in [4.78, 5) is 10.4. The molecule has 2 saturated heterocycles. The maximum atomic E-state index is 12.9. The van der Waals surface area contributed by atoms with Gasteiger partial charge in [0.1, 0.15) is 0 Å². The third kappa shape index (κ3) is 2.87. The lowest BCUT2D eigenvalue weighted by Crippen LogP contribution is -2.10. The Kier molecular flexibility index (Phi) is 3.61. The van der Waals surface area contributed by atoms with Crippen LogP contribution in [0.5, 0.6) is 0 Å². The number of nitro groups is 1. The van der Waals surface area contributed by atoms with Gasteiger partial charge < -0.3 is 0 Å². The van der Waals surface area contributed by atoms with Gasteiger partial charge in [0.2, 0.25) is 0 Å². The van der Waals surface area contributed by atoms with Crippen LogP contribution in [0.15, 0.2) is 18.2 Å². The highest BCUT2D eigenvalue weighted by molar-refractivity contribution is 7.54. The molecule has 0 bridgehead atoms. The van der Waals surface area contributed by atoms with Crippen LogP contribution < -0.4 is 0 Å². The Bertz CT molecular complexity index is 612. The molecule has 0 N–H and O–H groups in total. The summed E-state index contributed by atoms with van der Waals surface area (Å²) in [5.74, 6) is 0. The van der Waals surface area contributed by atoms with E-state index >= 15 is 0 Å². The summed E-state index contributed by atoms with van der Waals surface area (Å²) in [6, 6.07) is 4.88. The average Bonchev–Trinajstić information content (AvgIpc) is 3.30. The van der Waals surface area contributed by atoms with Crippen LogP contribution in [-0.2, 0) is 9.09 Å². The first kappa shape index (κ1) is 14.7. The second-order valence-corrected chi connectivity index (χ2v) is 7.77. The summed E-state index contributed by atoms with van der Waals surface area (Å²) < 4.78 is 22.5. The van der Waals surface area contributed by atoms with Crippen molar-refractivity contribution in [2.75, 3.05) is 26.2 Å². The quantitative estimate of drug-likeness (QED) is 0.348. The van der Waals surface area contributed by atoms with Crippen molar-refractivity contribution in [1.29, 1.82) is 0 Å². The molecule has 8 heteroatoms. The van der Waals surface area contributed by atoms with E-state index in [4.69, 9.17) is 4.52 Å². The van der Waals surface area contributed by atoms with Gasteiger partial charge in [-0.05, 0) is 31.5 Å². The van der Waals surface area contributed by atoms with E-state index < -0.39 is 12.6 Å². The molecule has 0 spiro atoms. The normalized spacial score (nSPS) is 20.3. The number of nitrogens with zero attached hydrogens (tertiary/aromatic N) is 3. The summed E-state index contributed by atoms with van der Waals surface area (Å²) in [7, 11) is -2.88. The van der Waals surface area contributed by atoms with E-state index in [0.29, 0.717) is 5.56 Å². The highest BCUT2D eigenvalue weighted by Gasteiger charge is 2.50. The molecule has 3 rings (SSSR count). The van der Waals surface area contributed by atoms with Gasteiger partial charge in [-0.2, -0.15) is 0 Å². The molecule has 2 heterocycles. The first-order valence-electron chi connectivity index (χ1n) is 6.96. The molecule has 0 radical (unpaired) electrons. The zero-order valence-electron chi connectivity index (χ0n) is 12.1. The fourth-order valence-electron chi connectivity index (χ4n) is 2.31. The largest absolute Gasteiger partial charge is 0.346 e. The zero-order chi connectivity index (χ0) is 15.2. The highest BCUT2D eigenvalue weighted by Crippen LogP contribution is 2.63. The molecular weight excluding hydrogens is 293 g/mol. The second-order valence-electron chi connectivity index (χ2n) is 5.45. The summed E-state index contributed by atoms with van der Waals surface area (Å²) in [5, 5.41) is 10.8. The third-order valence-electron chi connectivity index (χ3n) is 3.74. The summed E-state index contributed by atoms with van der Waals surface area (Å²) >= 11 is 0. The fraction of sp³-hybridized carbons (Fsp3) is 0.538. The zero-order valence-corrected chi connectivity index (χ0v) is 13.0. The molecular formula is C13H18N3O4P. The van der Waals surface area contributed by atoms with Crippen molar-refractivity contribution in [2.24, 2.45) is 0 Å². The Morgan fingerprint density at radius 2 is 1.86 bits per heavy atom. The molecule has 21 heavy (non-hydrogen) atoms. The lowest BCUT2D eigenvalue weighted by molar-refractivity contribution is -0.385. The summed E-state index contributed by atoms with van der Waals surface area (Å²) in [6.07, 6.45) is -0.364. The SMILES string of the molecule is Cc1cc([C@H](C)OP(=O)(N2CC2)N2CC2)ccc1[N+](=O)[O-]. The fourth-order valence-corrected chi connectivity index (χ4v) is 4.66. The van der Waals surface area contributed by atoms with Crippen molar-refractivity contribution in [3.8, 4) is 0 Å². The predicted molar refractivity (Wildman–Crippen MR) is 78.1 cm³/mol. The van der Waals surface area contributed by atoms with E-state index in [9.17, 15) is 14.7 Å². The van der Waals surface area contributed by atoms with E-state index in [2.05, 4.69) is 0 Å². The number of hydrogen-bond acceptors (Lipinski definition) is 4.